The minimum absolute atomic E-state index is 0.0706. The van der Waals surface area contributed by atoms with Gasteiger partial charge in [0.2, 0.25) is 0 Å². The average molecular weight is 330 g/mol. The summed E-state index contributed by atoms with van der Waals surface area (Å²) in [5.41, 5.74) is 0.329. The fourth-order valence-electron chi connectivity index (χ4n) is 5.20. The SMILES string of the molecule is O=C(c1ccco1)N1CCC2(CCCN(CC3CCCCC3)C2)C1. The van der Waals surface area contributed by atoms with Crippen LogP contribution >= 0.6 is 0 Å². The van der Waals surface area contributed by atoms with Gasteiger partial charge >= 0.3 is 0 Å². The number of amides is 1. The third-order valence-corrected chi connectivity index (χ3v) is 6.44. The molecule has 0 aromatic carbocycles. The molecule has 1 aliphatic carbocycles. The maximum absolute atomic E-state index is 12.6. The molecule has 4 heteroatoms. The highest BCUT2D eigenvalue weighted by Crippen LogP contribution is 2.40. The van der Waals surface area contributed by atoms with Crippen molar-refractivity contribution in [3.05, 3.63) is 24.2 Å². The van der Waals surface area contributed by atoms with E-state index in [-0.39, 0.29) is 5.91 Å². The number of nitrogens with zero attached hydrogens (tertiary/aromatic N) is 2. The van der Waals surface area contributed by atoms with E-state index in [0.29, 0.717) is 11.2 Å². The molecular formula is C20H30N2O2. The first-order valence-electron chi connectivity index (χ1n) is 9.79. The standard InChI is InChI=1S/C20H30N2O2/c23-19(18-8-4-13-24-18)22-12-10-20(16-22)9-5-11-21(15-20)14-17-6-2-1-3-7-17/h4,8,13,17H,1-3,5-7,9-12,14-16H2. The molecule has 24 heavy (non-hydrogen) atoms. The molecule has 0 bridgehead atoms. The largest absolute Gasteiger partial charge is 0.459 e. The Morgan fingerprint density at radius 1 is 1.12 bits per heavy atom. The second kappa shape index (κ2) is 6.91. The van der Waals surface area contributed by atoms with Gasteiger partial charge < -0.3 is 14.2 Å². The molecule has 2 aliphatic heterocycles. The van der Waals surface area contributed by atoms with Crippen LogP contribution in [-0.4, -0.2) is 48.4 Å². The third-order valence-electron chi connectivity index (χ3n) is 6.44. The zero-order valence-electron chi connectivity index (χ0n) is 14.7. The number of hydrogen-bond acceptors (Lipinski definition) is 3. The summed E-state index contributed by atoms with van der Waals surface area (Å²) in [7, 11) is 0. The number of rotatable bonds is 3. The summed E-state index contributed by atoms with van der Waals surface area (Å²) in [6, 6.07) is 3.58. The zero-order chi connectivity index (χ0) is 16.4. The van der Waals surface area contributed by atoms with Crippen molar-refractivity contribution in [3.8, 4) is 0 Å². The lowest BCUT2D eigenvalue weighted by Crippen LogP contribution is -2.47. The van der Waals surface area contributed by atoms with Gasteiger partial charge in [0.15, 0.2) is 5.76 Å². The molecule has 1 aromatic heterocycles. The van der Waals surface area contributed by atoms with E-state index >= 15 is 0 Å². The Balaban J connectivity index is 1.36. The predicted molar refractivity (Wildman–Crippen MR) is 93.9 cm³/mol. The Labute approximate surface area is 145 Å². The predicted octanol–water partition coefficient (Wildman–Crippen LogP) is 3.79. The summed E-state index contributed by atoms with van der Waals surface area (Å²) >= 11 is 0. The van der Waals surface area contributed by atoms with E-state index in [0.717, 1.165) is 25.4 Å². The van der Waals surface area contributed by atoms with Gasteiger partial charge in [-0.2, -0.15) is 0 Å². The molecule has 1 spiro atoms. The van der Waals surface area contributed by atoms with Crippen LogP contribution in [0.4, 0.5) is 0 Å². The molecule has 132 valence electrons. The van der Waals surface area contributed by atoms with E-state index in [1.54, 1.807) is 18.4 Å². The van der Waals surface area contributed by atoms with Gasteiger partial charge in [-0.3, -0.25) is 4.79 Å². The van der Waals surface area contributed by atoms with Gasteiger partial charge in [-0.25, -0.2) is 0 Å². The van der Waals surface area contributed by atoms with Crippen molar-refractivity contribution in [2.75, 3.05) is 32.7 Å². The summed E-state index contributed by atoms with van der Waals surface area (Å²) in [5.74, 6) is 1.47. The Bertz CT molecular complexity index is 550. The van der Waals surface area contributed by atoms with E-state index in [1.165, 1.54) is 64.6 Å². The fourth-order valence-corrected chi connectivity index (χ4v) is 5.20. The third kappa shape index (κ3) is 3.39. The Morgan fingerprint density at radius 3 is 2.79 bits per heavy atom. The maximum Gasteiger partial charge on any atom is 0.289 e. The summed E-state index contributed by atoms with van der Waals surface area (Å²) in [5, 5.41) is 0. The zero-order valence-corrected chi connectivity index (χ0v) is 14.7. The van der Waals surface area contributed by atoms with Crippen LogP contribution in [0.25, 0.3) is 0 Å². The molecule has 0 N–H and O–H groups in total. The number of furan rings is 1. The molecule has 1 aromatic rings. The van der Waals surface area contributed by atoms with Gasteiger partial charge in [-0.15, -0.1) is 0 Å². The number of piperidine rings is 1. The molecule has 1 atom stereocenters. The molecule has 3 fully saturated rings. The van der Waals surface area contributed by atoms with E-state index in [4.69, 9.17) is 4.42 Å². The van der Waals surface area contributed by atoms with E-state index in [1.807, 2.05) is 4.90 Å². The number of carbonyl (C=O) groups is 1. The molecule has 4 rings (SSSR count). The summed E-state index contributed by atoms with van der Waals surface area (Å²) in [6.45, 7) is 5.52. The quantitative estimate of drug-likeness (QED) is 0.846. The lowest BCUT2D eigenvalue weighted by atomic mass is 9.78. The molecule has 1 unspecified atom stereocenters. The van der Waals surface area contributed by atoms with Crippen LogP contribution in [0.5, 0.6) is 0 Å². The Morgan fingerprint density at radius 2 is 2.00 bits per heavy atom. The first-order chi connectivity index (χ1) is 11.7. The van der Waals surface area contributed by atoms with Crippen molar-refractivity contribution < 1.29 is 9.21 Å². The summed E-state index contributed by atoms with van der Waals surface area (Å²) in [4.78, 5) is 17.3. The van der Waals surface area contributed by atoms with Gasteiger partial charge in [0.1, 0.15) is 0 Å². The van der Waals surface area contributed by atoms with E-state index < -0.39 is 0 Å². The van der Waals surface area contributed by atoms with Crippen LogP contribution in [0.3, 0.4) is 0 Å². The highest BCUT2D eigenvalue weighted by molar-refractivity contribution is 5.91. The van der Waals surface area contributed by atoms with Crippen LogP contribution in [-0.2, 0) is 0 Å². The van der Waals surface area contributed by atoms with Crippen LogP contribution in [0.15, 0.2) is 22.8 Å². The van der Waals surface area contributed by atoms with Crippen molar-refractivity contribution in [1.29, 1.82) is 0 Å². The maximum atomic E-state index is 12.6. The fraction of sp³-hybridized carbons (Fsp3) is 0.750. The van der Waals surface area contributed by atoms with E-state index in [2.05, 4.69) is 4.90 Å². The molecule has 1 amide bonds. The first-order valence-corrected chi connectivity index (χ1v) is 9.79. The monoisotopic (exact) mass is 330 g/mol. The Kier molecular flexibility index (Phi) is 4.66. The molecular weight excluding hydrogens is 300 g/mol. The topological polar surface area (TPSA) is 36.7 Å². The first kappa shape index (κ1) is 16.2. The summed E-state index contributed by atoms with van der Waals surface area (Å²) in [6.07, 6.45) is 12.4. The molecule has 0 radical (unpaired) electrons. The van der Waals surface area contributed by atoms with Gasteiger partial charge in [-0.05, 0) is 56.7 Å². The van der Waals surface area contributed by atoms with Crippen molar-refractivity contribution in [2.24, 2.45) is 11.3 Å². The lowest BCUT2D eigenvalue weighted by Gasteiger charge is -2.42. The molecule has 1 saturated carbocycles. The van der Waals surface area contributed by atoms with Gasteiger partial charge in [-0.1, -0.05) is 19.3 Å². The van der Waals surface area contributed by atoms with Crippen molar-refractivity contribution >= 4 is 5.91 Å². The number of hydrogen-bond donors (Lipinski definition) is 0. The van der Waals surface area contributed by atoms with Crippen molar-refractivity contribution in [3.63, 3.8) is 0 Å². The van der Waals surface area contributed by atoms with Gasteiger partial charge in [0, 0.05) is 31.6 Å². The number of carbonyl (C=O) groups excluding carboxylic acids is 1. The second-order valence-corrected chi connectivity index (χ2v) is 8.30. The normalized spacial score (nSPS) is 29.4. The Hall–Kier alpha value is -1.29. The molecule has 2 saturated heterocycles. The minimum Gasteiger partial charge on any atom is -0.459 e. The van der Waals surface area contributed by atoms with Gasteiger partial charge in [0.25, 0.3) is 5.91 Å². The smallest absolute Gasteiger partial charge is 0.289 e. The highest BCUT2D eigenvalue weighted by atomic mass is 16.3. The summed E-state index contributed by atoms with van der Waals surface area (Å²) < 4.78 is 5.30. The van der Waals surface area contributed by atoms with Crippen LogP contribution in [0, 0.1) is 11.3 Å². The molecule has 3 heterocycles. The van der Waals surface area contributed by atoms with Crippen molar-refractivity contribution in [1.82, 2.24) is 9.80 Å². The minimum atomic E-state index is 0.0706. The second-order valence-electron chi connectivity index (χ2n) is 8.30. The van der Waals surface area contributed by atoms with E-state index in [9.17, 15) is 4.79 Å². The van der Waals surface area contributed by atoms with Crippen LogP contribution in [0.1, 0.15) is 61.9 Å². The number of likely N-dealkylation sites (tertiary alicyclic amines) is 2. The van der Waals surface area contributed by atoms with Gasteiger partial charge in [0.05, 0.1) is 6.26 Å². The molecule has 4 nitrogen and oxygen atoms in total. The molecule has 3 aliphatic rings. The highest BCUT2D eigenvalue weighted by Gasteiger charge is 2.43. The van der Waals surface area contributed by atoms with Crippen LogP contribution in [0.2, 0.25) is 0 Å². The van der Waals surface area contributed by atoms with Crippen LogP contribution < -0.4 is 0 Å². The lowest BCUT2D eigenvalue weighted by molar-refractivity contribution is 0.0612. The van der Waals surface area contributed by atoms with Crippen molar-refractivity contribution in [2.45, 2.75) is 51.4 Å². The average Bonchev–Trinajstić information content (AvgIpc) is 3.26.